The minimum Gasteiger partial charge on any atom is -0.496 e. The lowest BCUT2D eigenvalue weighted by molar-refractivity contribution is 0.0934. The monoisotopic (exact) mass is 255 g/mol. The van der Waals surface area contributed by atoms with Gasteiger partial charge in [0.1, 0.15) is 17.1 Å². The van der Waals surface area contributed by atoms with E-state index >= 15 is 0 Å². The van der Waals surface area contributed by atoms with Gasteiger partial charge in [-0.3, -0.25) is 4.79 Å². The van der Waals surface area contributed by atoms with Crippen LogP contribution in [0.25, 0.3) is 0 Å². The second-order valence-electron chi connectivity index (χ2n) is 3.92. The molecule has 0 spiro atoms. The molecule has 2 N–H and O–H groups in total. The van der Waals surface area contributed by atoms with Gasteiger partial charge in [0.05, 0.1) is 13.2 Å². The Morgan fingerprint density at radius 3 is 2.89 bits per heavy atom. The van der Waals surface area contributed by atoms with Crippen molar-refractivity contribution in [1.29, 1.82) is 0 Å². The predicted molar refractivity (Wildman–Crippen MR) is 66.2 cm³/mol. The number of nitrogens with one attached hydrogen (secondary N) is 1. The number of carbonyl (C=O) groups is 1. The van der Waals surface area contributed by atoms with Crippen molar-refractivity contribution in [3.8, 4) is 5.75 Å². The summed E-state index contributed by atoms with van der Waals surface area (Å²) in [5, 5.41) is 11.9. The van der Waals surface area contributed by atoms with Gasteiger partial charge in [-0.25, -0.2) is 4.39 Å². The zero-order valence-electron chi connectivity index (χ0n) is 10.6. The number of methoxy groups -OCH3 is 1. The molecule has 0 fully saturated rings. The molecule has 4 nitrogen and oxygen atoms in total. The SMILES string of the molecule is CCC(O)CCNC(=O)c1c(F)cccc1OC. The first kappa shape index (κ1) is 14.4. The van der Waals surface area contributed by atoms with E-state index in [1.807, 2.05) is 6.92 Å². The highest BCUT2D eigenvalue weighted by Gasteiger charge is 2.17. The first-order valence-corrected chi connectivity index (χ1v) is 5.88. The fourth-order valence-corrected chi connectivity index (χ4v) is 1.54. The van der Waals surface area contributed by atoms with Crippen LogP contribution < -0.4 is 10.1 Å². The molecule has 0 saturated carbocycles. The van der Waals surface area contributed by atoms with Gasteiger partial charge in [-0.1, -0.05) is 13.0 Å². The Morgan fingerprint density at radius 2 is 2.28 bits per heavy atom. The van der Waals surface area contributed by atoms with Crippen LogP contribution in [-0.2, 0) is 0 Å². The summed E-state index contributed by atoms with van der Waals surface area (Å²) in [6, 6.07) is 4.21. The van der Waals surface area contributed by atoms with E-state index in [1.165, 1.54) is 25.3 Å². The topological polar surface area (TPSA) is 58.6 Å². The molecule has 0 heterocycles. The van der Waals surface area contributed by atoms with Crippen LogP contribution in [0.1, 0.15) is 30.1 Å². The van der Waals surface area contributed by atoms with Crippen LogP contribution in [0.2, 0.25) is 0 Å². The van der Waals surface area contributed by atoms with Crippen molar-refractivity contribution in [3.05, 3.63) is 29.6 Å². The Hall–Kier alpha value is -1.62. The van der Waals surface area contributed by atoms with E-state index in [0.717, 1.165) is 0 Å². The highest BCUT2D eigenvalue weighted by molar-refractivity contribution is 5.97. The van der Waals surface area contributed by atoms with Gasteiger partial charge in [0.25, 0.3) is 5.91 Å². The Kier molecular flexibility index (Phi) is 5.58. The van der Waals surface area contributed by atoms with Gasteiger partial charge < -0.3 is 15.2 Å². The van der Waals surface area contributed by atoms with Gasteiger partial charge in [-0.15, -0.1) is 0 Å². The molecule has 1 atom stereocenters. The van der Waals surface area contributed by atoms with Crippen molar-refractivity contribution in [2.45, 2.75) is 25.9 Å². The summed E-state index contributed by atoms with van der Waals surface area (Å²) in [5.41, 5.74) is -0.106. The second-order valence-corrected chi connectivity index (χ2v) is 3.92. The quantitative estimate of drug-likeness (QED) is 0.813. The van der Waals surface area contributed by atoms with Crippen molar-refractivity contribution >= 4 is 5.91 Å². The summed E-state index contributed by atoms with van der Waals surface area (Å²) in [6.07, 6.45) is 0.616. The molecule has 5 heteroatoms. The molecule has 0 radical (unpaired) electrons. The lowest BCUT2D eigenvalue weighted by Crippen LogP contribution is -2.28. The minimum absolute atomic E-state index is 0.106. The molecule has 0 aliphatic carbocycles. The first-order valence-electron chi connectivity index (χ1n) is 5.88. The van der Waals surface area contributed by atoms with Crippen LogP contribution in [0.15, 0.2) is 18.2 Å². The fraction of sp³-hybridized carbons (Fsp3) is 0.462. The maximum absolute atomic E-state index is 13.5. The number of ether oxygens (including phenoxy) is 1. The Labute approximate surface area is 106 Å². The summed E-state index contributed by atoms with van der Waals surface area (Å²) in [4.78, 5) is 11.8. The summed E-state index contributed by atoms with van der Waals surface area (Å²) >= 11 is 0. The zero-order chi connectivity index (χ0) is 13.5. The highest BCUT2D eigenvalue weighted by atomic mass is 19.1. The molecule has 0 saturated heterocycles. The third-order valence-electron chi connectivity index (χ3n) is 2.66. The fourth-order valence-electron chi connectivity index (χ4n) is 1.54. The number of benzene rings is 1. The van der Waals surface area contributed by atoms with Gasteiger partial charge in [0, 0.05) is 6.54 Å². The third kappa shape index (κ3) is 3.70. The van der Waals surface area contributed by atoms with E-state index in [2.05, 4.69) is 5.32 Å². The second kappa shape index (κ2) is 6.96. The smallest absolute Gasteiger partial charge is 0.258 e. The summed E-state index contributed by atoms with van der Waals surface area (Å²) in [7, 11) is 1.38. The van der Waals surface area contributed by atoms with Crippen LogP contribution in [0.4, 0.5) is 4.39 Å². The molecule has 1 aromatic carbocycles. The van der Waals surface area contributed by atoms with Crippen LogP contribution in [0.3, 0.4) is 0 Å². The number of amides is 1. The van der Waals surface area contributed by atoms with Gasteiger partial charge in [-0.2, -0.15) is 0 Å². The van der Waals surface area contributed by atoms with E-state index in [9.17, 15) is 14.3 Å². The summed E-state index contributed by atoms with van der Waals surface area (Å²) in [6.45, 7) is 2.15. The number of halogens is 1. The molecule has 100 valence electrons. The van der Waals surface area contributed by atoms with Gasteiger partial charge >= 0.3 is 0 Å². The number of aliphatic hydroxyl groups excluding tert-OH is 1. The van der Waals surface area contributed by atoms with E-state index in [-0.39, 0.29) is 11.3 Å². The molecule has 1 aromatic rings. The van der Waals surface area contributed by atoms with Crippen molar-refractivity contribution in [2.75, 3.05) is 13.7 Å². The van der Waals surface area contributed by atoms with Crippen molar-refractivity contribution in [1.82, 2.24) is 5.32 Å². The Morgan fingerprint density at radius 1 is 1.56 bits per heavy atom. The van der Waals surface area contributed by atoms with Crippen molar-refractivity contribution < 1.29 is 19.0 Å². The molecule has 1 unspecified atom stereocenters. The van der Waals surface area contributed by atoms with Gasteiger partial charge in [-0.05, 0) is 25.0 Å². The third-order valence-corrected chi connectivity index (χ3v) is 2.66. The molecule has 0 bridgehead atoms. The van der Waals surface area contributed by atoms with Crippen LogP contribution >= 0.6 is 0 Å². The van der Waals surface area contributed by atoms with E-state index in [1.54, 1.807) is 0 Å². The molecule has 18 heavy (non-hydrogen) atoms. The maximum atomic E-state index is 13.5. The Bertz CT molecular complexity index is 409. The van der Waals surface area contributed by atoms with E-state index < -0.39 is 17.8 Å². The predicted octanol–water partition coefficient (Wildman–Crippen LogP) is 1.73. The zero-order valence-corrected chi connectivity index (χ0v) is 10.6. The lowest BCUT2D eigenvalue weighted by Gasteiger charge is -2.11. The molecule has 0 aliphatic rings. The maximum Gasteiger partial charge on any atom is 0.258 e. The average molecular weight is 255 g/mol. The Balaban J connectivity index is 2.67. The summed E-state index contributed by atoms with van der Waals surface area (Å²) in [5.74, 6) is -0.959. The summed E-state index contributed by atoms with van der Waals surface area (Å²) < 4.78 is 18.5. The minimum atomic E-state index is -0.622. The largest absolute Gasteiger partial charge is 0.496 e. The molecule has 1 amide bonds. The standard InChI is InChI=1S/C13H18FNO3/c1-3-9(16)7-8-15-13(17)12-10(14)5-4-6-11(12)18-2/h4-6,9,16H,3,7-8H2,1-2H3,(H,15,17). The van der Waals surface area contributed by atoms with Crippen LogP contribution in [0.5, 0.6) is 5.75 Å². The van der Waals surface area contributed by atoms with Crippen LogP contribution in [0, 0.1) is 5.82 Å². The lowest BCUT2D eigenvalue weighted by atomic mass is 10.1. The van der Waals surface area contributed by atoms with E-state index in [4.69, 9.17) is 4.74 Å². The number of hydrogen-bond acceptors (Lipinski definition) is 3. The molecular weight excluding hydrogens is 237 g/mol. The van der Waals surface area contributed by atoms with Crippen LogP contribution in [-0.4, -0.2) is 30.8 Å². The highest BCUT2D eigenvalue weighted by Crippen LogP contribution is 2.20. The molecule has 0 aliphatic heterocycles. The van der Waals surface area contributed by atoms with Crippen molar-refractivity contribution in [3.63, 3.8) is 0 Å². The van der Waals surface area contributed by atoms with Gasteiger partial charge in [0.15, 0.2) is 0 Å². The molecule has 1 rings (SSSR count). The molecule has 0 aromatic heterocycles. The average Bonchev–Trinajstić information content (AvgIpc) is 2.37. The normalized spacial score (nSPS) is 12.0. The molecular formula is C13H18FNO3. The number of hydrogen-bond donors (Lipinski definition) is 2. The first-order chi connectivity index (χ1) is 8.60. The number of carbonyl (C=O) groups excluding carboxylic acids is 1. The van der Waals surface area contributed by atoms with Crippen molar-refractivity contribution in [2.24, 2.45) is 0 Å². The number of rotatable bonds is 6. The van der Waals surface area contributed by atoms with E-state index in [0.29, 0.717) is 19.4 Å². The number of aliphatic hydroxyl groups is 1. The van der Waals surface area contributed by atoms with Gasteiger partial charge in [0.2, 0.25) is 0 Å².